The van der Waals surface area contributed by atoms with Crippen LogP contribution in [0.3, 0.4) is 0 Å². The van der Waals surface area contributed by atoms with Crippen LogP contribution in [0.1, 0.15) is 36.0 Å². The minimum Gasteiger partial charge on any atom is -0.461 e. The molecule has 1 saturated carbocycles. The quantitative estimate of drug-likeness (QED) is 0.485. The fraction of sp³-hybridized carbons (Fsp3) is 0.440. The maximum atomic E-state index is 15.5. The number of ether oxygens (including phenoxy) is 2. The lowest BCUT2D eigenvalue weighted by molar-refractivity contribution is 0.0514. The Morgan fingerprint density at radius 3 is 2.69 bits per heavy atom. The normalized spacial score (nSPS) is 23.0. The van der Waals surface area contributed by atoms with Crippen molar-refractivity contribution in [3.05, 3.63) is 53.7 Å². The summed E-state index contributed by atoms with van der Waals surface area (Å²) in [6, 6.07) is 9.54. The van der Waals surface area contributed by atoms with Gasteiger partial charge in [-0.1, -0.05) is 5.16 Å². The van der Waals surface area contributed by atoms with Crippen molar-refractivity contribution < 1.29 is 32.4 Å². The van der Waals surface area contributed by atoms with Crippen LogP contribution in [0.15, 0.2) is 40.9 Å². The number of esters is 1. The Morgan fingerprint density at radius 2 is 1.94 bits per heavy atom. The van der Waals surface area contributed by atoms with Crippen molar-refractivity contribution in [3.8, 4) is 0 Å². The van der Waals surface area contributed by atoms with Crippen LogP contribution < -0.4 is 10.2 Å². The second-order valence-electron chi connectivity index (χ2n) is 9.32. The fourth-order valence-corrected chi connectivity index (χ4v) is 5.12. The number of aromatic nitrogens is 2. The molecule has 190 valence electrons. The number of nitrogens with zero attached hydrogens (tertiary/aromatic N) is 3. The molecule has 1 aromatic carbocycles. The number of hydrogen-bond donors (Lipinski definition) is 1. The summed E-state index contributed by atoms with van der Waals surface area (Å²) in [5.41, 5.74) is -0.813. The van der Waals surface area contributed by atoms with E-state index in [1.54, 1.807) is 13.0 Å². The van der Waals surface area contributed by atoms with Gasteiger partial charge in [0.1, 0.15) is 17.3 Å². The van der Waals surface area contributed by atoms with Gasteiger partial charge in [0.15, 0.2) is 18.1 Å². The molecule has 5 rings (SSSR count). The largest absolute Gasteiger partial charge is 0.461 e. The zero-order chi connectivity index (χ0) is 25.3. The molecule has 2 aliphatic rings. The summed E-state index contributed by atoms with van der Waals surface area (Å²) in [6.07, 6.45) is -0.118. The fourth-order valence-electron chi connectivity index (χ4n) is 5.12. The number of pyridine rings is 1. The smallest absolute Gasteiger partial charge is 0.407 e. The molecule has 11 heteroatoms. The van der Waals surface area contributed by atoms with E-state index in [0.717, 1.165) is 16.7 Å². The first-order chi connectivity index (χ1) is 17.3. The van der Waals surface area contributed by atoms with E-state index in [1.807, 2.05) is 12.1 Å². The van der Waals surface area contributed by atoms with E-state index >= 15 is 4.39 Å². The maximum Gasteiger partial charge on any atom is 0.407 e. The highest BCUT2D eigenvalue weighted by molar-refractivity contribution is 5.87. The number of amides is 1. The highest BCUT2D eigenvalue weighted by atomic mass is 19.1. The van der Waals surface area contributed by atoms with Crippen molar-refractivity contribution in [2.24, 2.45) is 11.8 Å². The number of anilines is 1. The number of halogens is 2. The summed E-state index contributed by atoms with van der Waals surface area (Å²) in [6.45, 7) is 2.83. The van der Waals surface area contributed by atoms with Gasteiger partial charge in [-0.2, -0.15) is 0 Å². The minimum atomic E-state index is -1.52. The van der Waals surface area contributed by atoms with E-state index in [0.29, 0.717) is 25.9 Å². The number of nitrogens with one attached hydrogen (secondary N) is 1. The Bertz CT molecular complexity index is 1270. The highest BCUT2D eigenvalue weighted by Crippen LogP contribution is 2.46. The maximum absolute atomic E-state index is 15.5. The molecule has 2 aromatic heterocycles. The van der Waals surface area contributed by atoms with Gasteiger partial charge in [0, 0.05) is 24.5 Å². The van der Waals surface area contributed by atoms with Gasteiger partial charge in [0.05, 0.1) is 18.7 Å². The highest BCUT2D eigenvalue weighted by Gasteiger charge is 2.50. The molecule has 1 aliphatic carbocycles. The third kappa shape index (κ3) is 5.09. The lowest BCUT2D eigenvalue weighted by atomic mass is 10.0. The summed E-state index contributed by atoms with van der Waals surface area (Å²) in [7, 11) is 0. The molecule has 0 bridgehead atoms. The van der Waals surface area contributed by atoms with Gasteiger partial charge in [-0.15, -0.1) is 0 Å². The number of benzene rings is 1. The van der Waals surface area contributed by atoms with Crippen molar-refractivity contribution >= 4 is 28.8 Å². The van der Waals surface area contributed by atoms with Crippen LogP contribution in [-0.4, -0.2) is 54.1 Å². The first-order valence-corrected chi connectivity index (χ1v) is 11.9. The van der Waals surface area contributed by atoms with Crippen LogP contribution in [0.5, 0.6) is 0 Å². The Labute approximate surface area is 205 Å². The van der Waals surface area contributed by atoms with Gasteiger partial charge < -0.3 is 24.2 Å². The van der Waals surface area contributed by atoms with Gasteiger partial charge in [-0.3, -0.25) is 0 Å². The summed E-state index contributed by atoms with van der Waals surface area (Å²) < 4.78 is 43.7. The Hall–Kier alpha value is -3.76. The third-order valence-electron chi connectivity index (χ3n) is 6.73. The number of carbonyl (C=O) groups excluding carboxylic acids is 2. The number of carbonyl (C=O) groups is 2. The van der Waals surface area contributed by atoms with E-state index in [2.05, 4.69) is 20.4 Å². The van der Waals surface area contributed by atoms with E-state index in [-0.39, 0.29) is 48.9 Å². The molecule has 3 aromatic rings. The number of hydrogen-bond acceptors (Lipinski definition) is 8. The molecule has 3 heterocycles. The standard InChI is InChI=1S/C25H26F2N4O5/c1-2-34-23(32)21-8-19(36-30-21)13-35-24(33)28-14-25(27)9-16-11-31(12-17(16)10-25)22-6-3-15-7-18(26)4-5-20(15)29-22/h3-8,16-17H,2,9-14H2,1H3,(H,28,33)/t16-,17+,25?. The van der Waals surface area contributed by atoms with Crippen molar-refractivity contribution in [2.45, 2.75) is 32.0 Å². The Balaban J connectivity index is 1.09. The SMILES string of the molecule is CCOC(=O)c1cc(COC(=O)NCC2(F)C[C@H]3CN(c4ccc5cc(F)ccc5n4)C[C@H]3C2)on1. The molecule has 0 spiro atoms. The Morgan fingerprint density at radius 1 is 1.17 bits per heavy atom. The molecule has 36 heavy (non-hydrogen) atoms. The summed E-state index contributed by atoms with van der Waals surface area (Å²) in [5, 5.41) is 6.80. The van der Waals surface area contributed by atoms with Crippen LogP contribution in [0, 0.1) is 17.7 Å². The molecule has 1 saturated heterocycles. The minimum absolute atomic E-state index is 0.0158. The second kappa shape index (κ2) is 9.71. The summed E-state index contributed by atoms with van der Waals surface area (Å²) >= 11 is 0. The van der Waals surface area contributed by atoms with Crippen molar-refractivity contribution in [2.75, 3.05) is 31.1 Å². The van der Waals surface area contributed by atoms with Crippen molar-refractivity contribution in [1.82, 2.24) is 15.5 Å². The average Bonchev–Trinajstić information content (AvgIpc) is 3.55. The summed E-state index contributed by atoms with van der Waals surface area (Å²) in [5.74, 6) is 0.335. The van der Waals surface area contributed by atoms with E-state index in [4.69, 9.17) is 14.0 Å². The Kier molecular flexibility index (Phi) is 6.46. The van der Waals surface area contributed by atoms with Crippen LogP contribution in [-0.2, 0) is 16.1 Å². The van der Waals surface area contributed by atoms with Gasteiger partial charge in [-0.25, -0.2) is 23.4 Å². The summed E-state index contributed by atoms with van der Waals surface area (Å²) in [4.78, 5) is 30.5. The molecule has 1 unspecified atom stereocenters. The molecule has 1 amide bonds. The van der Waals surface area contributed by atoms with Crippen LogP contribution in [0.25, 0.3) is 10.9 Å². The lowest BCUT2D eigenvalue weighted by Crippen LogP contribution is -2.39. The van der Waals surface area contributed by atoms with E-state index < -0.39 is 17.7 Å². The first-order valence-electron chi connectivity index (χ1n) is 11.9. The number of alkyl carbamates (subject to hydrolysis) is 1. The van der Waals surface area contributed by atoms with Crippen molar-refractivity contribution in [3.63, 3.8) is 0 Å². The number of rotatable bonds is 7. The molecular weight excluding hydrogens is 474 g/mol. The molecule has 1 N–H and O–H groups in total. The average molecular weight is 501 g/mol. The van der Waals surface area contributed by atoms with Crippen molar-refractivity contribution in [1.29, 1.82) is 0 Å². The molecular formula is C25H26F2N4O5. The van der Waals surface area contributed by atoms with Crippen LogP contribution in [0.2, 0.25) is 0 Å². The molecule has 3 atom stereocenters. The van der Waals surface area contributed by atoms with Gasteiger partial charge >= 0.3 is 12.1 Å². The van der Waals surface area contributed by atoms with Crippen LogP contribution >= 0.6 is 0 Å². The topological polar surface area (TPSA) is 107 Å². The lowest BCUT2D eigenvalue weighted by Gasteiger charge is -2.24. The van der Waals surface area contributed by atoms with Gasteiger partial charge in [0.2, 0.25) is 0 Å². The third-order valence-corrected chi connectivity index (χ3v) is 6.73. The number of alkyl halides is 1. The van der Waals surface area contributed by atoms with E-state index in [1.165, 1.54) is 18.2 Å². The molecule has 2 fully saturated rings. The van der Waals surface area contributed by atoms with Gasteiger partial charge in [0.25, 0.3) is 0 Å². The first kappa shape index (κ1) is 24.0. The second-order valence-corrected chi connectivity index (χ2v) is 9.32. The van der Waals surface area contributed by atoms with Crippen LogP contribution in [0.4, 0.5) is 19.4 Å². The predicted octanol–water partition coefficient (Wildman–Crippen LogP) is 4.02. The molecule has 9 nitrogen and oxygen atoms in total. The number of fused-ring (bicyclic) bond motifs is 2. The zero-order valence-corrected chi connectivity index (χ0v) is 19.7. The molecule has 1 aliphatic heterocycles. The molecule has 0 radical (unpaired) electrons. The van der Waals surface area contributed by atoms with Gasteiger partial charge in [-0.05, 0) is 61.9 Å². The predicted molar refractivity (Wildman–Crippen MR) is 125 cm³/mol. The zero-order valence-electron chi connectivity index (χ0n) is 19.7. The van der Waals surface area contributed by atoms with E-state index in [9.17, 15) is 14.0 Å². The monoisotopic (exact) mass is 500 g/mol.